The predicted molar refractivity (Wildman–Crippen MR) is 157 cm³/mol. The number of rotatable bonds is 8. The highest BCUT2D eigenvalue weighted by atomic mass is 16.5. The summed E-state index contributed by atoms with van der Waals surface area (Å²) in [5, 5.41) is 12.0. The molecule has 2 fully saturated rings. The highest BCUT2D eigenvalue weighted by molar-refractivity contribution is 6.05. The fourth-order valence-electron chi connectivity index (χ4n) is 5.37. The van der Waals surface area contributed by atoms with Gasteiger partial charge in [-0.15, -0.1) is 0 Å². The molecule has 202 valence electrons. The maximum atomic E-state index is 13.0. The van der Waals surface area contributed by atoms with E-state index < -0.39 is 0 Å². The van der Waals surface area contributed by atoms with Gasteiger partial charge in [0, 0.05) is 30.9 Å². The summed E-state index contributed by atoms with van der Waals surface area (Å²) < 4.78 is 6.18. The highest BCUT2D eigenvalue weighted by Crippen LogP contribution is 2.31. The number of nitriles is 1. The van der Waals surface area contributed by atoms with Gasteiger partial charge in [0.2, 0.25) is 0 Å². The van der Waals surface area contributed by atoms with Crippen LogP contribution in [-0.2, 0) is 0 Å². The molecule has 0 radical (unpaired) electrons. The fraction of sp³-hybridized carbons (Fsp3) is 0.312. The van der Waals surface area contributed by atoms with E-state index in [-0.39, 0.29) is 5.91 Å². The summed E-state index contributed by atoms with van der Waals surface area (Å²) in [7, 11) is 0. The van der Waals surface area contributed by atoms with Gasteiger partial charge in [-0.2, -0.15) is 5.26 Å². The Morgan fingerprint density at radius 1 is 0.850 bits per heavy atom. The number of carbonyl (C=O) groups excluding carboxylic acids is 1. The van der Waals surface area contributed by atoms with Gasteiger partial charge in [-0.25, -0.2) is 9.97 Å². The third-order valence-corrected chi connectivity index (χ3v) is 7.62. The molecule has 6 rings (SSSR count). The van der Waals surface area contributed by atoms with E-state index in [1.165, 1.54) is 12.8 Å². The molecule has 0 spiro atoms. The standard InChI is InChI=1S/C32H32N6O2/c33-22-23-5-7-24(8-6-23)25-9-11-26(12-10-25)31(39)34-27-13-14-28-29(21-27)35-30(38-17-3-4-18-38)32(36-28)40-20-19-37-15-1-2-16-37/h5-14,21H,1-4,15-20H2,(H,34,39). The average Bonchev–Trinajstić information content (AvgIpc) is 3.72. The first-order chi connectivity index (χ1) is 19.7. The van der Waals surface area contributed by atoms with Crippen LogP contribution in [0.1, 0.15) is 41.6 Å². The number of fused-ring (bicyclic) bond motifs is 1. The second-order valence-electron chi connectivity index (χ2n) is 10.4. The number of anilines is 2. The SMILES string of the molecule is N#Cc1ccc(-c2ccc(C(=O)Nc3ccc4nc(OCCN5CCCC5)c(N5CCCC5)nc4c3)cc2)cc1. The minimum absolute atomic E-state index is 0.194. The summed E-state index contributed by atoms with van der Waals surface area (Å²) in [4.78, 5) is 27.5. The lowest BCUT2D eigenvalue weighted by Crippen LogP contribution is -2.26. The molecule has 1 N–H and O–H groups in total. The smallest absolute Gasteiger partial charge is 0.258 e. The number of amides is 1. The maximum Gasteiger partial charge on any atom is 0.258 e. The lowest BCUT2D eigenvalue weighted by Gasteiger charge is -2.21. The Kier molecular flexibility index (Phi) is 7.56. The topological polar surface area (TPSA) is 94.4 Å². The van der Waals surface area contributed by atoms with E-state index in [1.54, 1.807) is 24.3 Å². The van der Waals surface area contributed by atoms with E-state index in [1.807, 2.05) is 42.5 Å². The highest BCUT2D eigenvalue weighted by Gasteiger charge is 2.21. The largest absolute Gasteiger partial charge is 0.474 e. The Labute approximate surface area is 234 Å². The van der Waals surface area contributed by atoms with E-state index in [4.69, 9.17) is 20.0 Å². The third-order valence-electron chi connectivity index (χ3n) is 7.62. The van der Waals surface area contributed by atoms with Crippen LogP contribution in [0.3, 0.4) is 0 Å². The summed E-state index contributed by atoms with van der Waals surface area (Å²) >= 11 is 0. The molecule has 0 atom stereocenters. The van der Waals surface area contributed by atoms with Crippen molar-refractivity contribution in [2.75, 3.05) is 49.5 Å². The molecule has 2 aliphatic rings. The zero-order chi connectivity index (χ0) is 27.3. The van der Waals surface area contributed by atoms with Gasteiger partial charge in [-0.3, -0.25) is 9.69 Å². The number of carbonyl (C=O) groups is 1. The Morgan fingerprint density at radius 3 is 2.23 bits per heavy atom. The second kappa shape index (κ2) is 11.7. The van der Waals surface area contributed by atoms with Gasteiger partial charge >= 0.3 is 0 Å². The van der Waals surface area contributed by atoms with Crippen molar-refractivity contribution < 1.29 is 9.53 Å². The van der Waals surface area contributed by atoms with Gasteiger partial charge in [-0.05, 0) is 92.4 Å². The van der Waals surface area contributed by atoms with E-state index >= 15 is 0 Å². The normalized spacial score (nSPS) is 15.3. The molecule has 4 aromatic rings. The van der Waals surface area contributed by atoms with Crippen molar-refractivity contribution >= 4 is 28.4 Å². The van der Waals surface area contributed by atoms with Crippen LogP contribution in [0.25, 0.3) is 22.2 Å². The Balaban J connectivity index is 1.18. The molecule has 1 amide bonds. The van der Waals surface area contributed by atoms with Crippen molar-refractivity contribution in [1.82, 2.24) is 14.9 Å². The van der Waals surface area contributed by atoms with Crippen LogP contribution in [0.15, 0.2) is 66.7 Å². The number of nitrogens with zero attached hydrogens (tertiary/aromatic N) is 5. The van der Waals surface area contributed by atoms with Crippen LogP contribution in [0, 0.1) is 11.3 Å². The van der Waals surface area contributed by atoms with Crippen LogP contribution in [-0.4, -0.2) is 60.1 Å². The van der Waals surface area contributed by atoms with Crippen LogP contribution in [0.5, 0.6) is 5.88 Å². The molecule has 2 aliphatic heterocycles. The summed E-state index contributed by atoms with van der Waals surface area (Å²) in [5.41, 5.74) is 5.28. The van der Waals surface area contributed by atoms with Crippen molar-refractivity contribution in [3.63, 3.8) is 0 Å². The van der Waals surface area contributed by atoms with Gasteiger partial charge in [0.05, 0.1) is 22.7 Å². The number of hydrogen-bond donors (Lipinski definition) is 1. The molecule has 8 heteroatoms. The predicted octanol–water partition coefficient (Wildman–Crippen LogP) is 5.50. The molecule has 0 saturated carbocycles. The molecule has 40 heavy (non-hydrogen) atoms. The van der Waals surface area contributed by atoms with Crippen molar-refractivity contribution in [3.05, 3.63) is 77.9 Å². The molecular formula is C32H32N6O2. The summed E-state index contributed by atoms with van der Waals surface area (Å²) in [6.45, 7) is 5.66. The molecule has 0 unspecified atom stereocenters. The van der Waals surface area contributed by atoms with Crippen LogP contribution < -0.4 is 15.0 Å². The number of benzene rings is 3. The molecule has 1 aromatic heterocycles. The van der Waals surface area contributed by atoms with Crippen LogP contribution in [0.4, 0.5) is 11.5 Å². The van der Waals surface area contributed by atoms with Gasteiger partial charge < -0.3 is 15.0 Å². The third kappa shape index (κ3) is 5.75. The number of nitrogens with one attached hydrogen (secondary N) is 1. The fourth-order valence-corrected chi connectivity index (χ4v) is 5.37. The first kappa shape index (κ1) is 25.8. The van der Waals surface area contributed by atoms with Crippen molar-refractivity contribution in [2.24, 2.45) is 0 Å². The molecular weight excluding hydrogens is 500 g/mol. The van der Waals surface area contributed by atoms with E-state index in [2.05, 4.69) is 21.2 Å². The van der Waals surface area contributed by atoms with E-state index in [0.717, 1.165) is 73.5 Å². The van der Waals surface area contributed by atoms with Crippen molar-refractivity contribution in [1.29, 1.82) is 5.26 Å². The quantitative estimate of drug-likeness (QED) is 0.320. The molecule has 3 aromatic carbocycles. The summed E-state index contributed by atoms with van der Waals surface area (Å²) in [6.07, 6.45) is 4.79. The lowest BCUT2D eigenvalue weighted by molar-refractivity contribution is 0.102. The van der Waals surface area contributed by atoms with Crippen LogP contribution >= 0.6 is 0 Å². The minimum atomic E-state index is -0.194. The average molecular weight is 533 g/mol. The Bertz CT molecular complexity index is 1530. The number of likely N-dealkylation sites (tertiary alicyclic amines) is 1. The lowest BCUT2D eigenvalue weighted by atomic mass is 10.0. The van der Waals surface area contributed by atoms with Crippen molar-refractivity contribution in [3.8, 4) is 23.1 Å². The molecule has 3 heterocycles. The number of aromatic nitrogens is 2. The van der Waals surface area contributed by atoms with E-state index in [9.17, 15) is 4.79 Å². The van der Waals surface area contributed by atoms with Crippen molar-refractivity contribution in [2.45, 2.75) is 25.7 Å². The number of ether oxygens (including phenoxy) is 1. The first-order valence-electron chi connectivity index (χ1n) is 14.0. The molecule has 8 nitrogen and oxygen atoms in total. The van der Waals surface area contributed by atoms with Gasteiger partial charge in [0.25, 0.3) is 11.8 Å². The molecule has 0 aliphatic carbocycles. The second-order valence-corrected chi connectivity index (χ2v) is 10.4. The van der Waals surface area contributed by atoms with Gasteiger partial charge in [0.15, 0.2) is 5.82 Å². The Morgan fingerprint density at radius 2 is 1.52 bits per heavy atom. The number of hydrogen-bond acceptors (Lipinski definition) is 7. The first-order valence-corrected chi connectivity index (χ1v) is 14.0. The zero-order valence-corrected chi connectivity index (χ0v) is 22.5. The summed E-state index contributed by atoms with van der Waals surface area (Å²) in [5.74, 6) is 1.18. The van der Waals surface area contributed by atoms with E-state index in [0.29, 0.717) is 29.3 Å². The minimum Gasteiger partial charge on any atom is -0.474 e. The Hall–Kier alpha value is -4.48. The van der Waals surface area contributed by atoms with Gasteiger partial charge in [-0.1, -0.05) is 24.3 Å². The monoisotopic (exact) mass is 532 g/mol. The van der Waals surface area contributed by atoms with Crippen LogP contribution in [0.2, 0.25) is 0 Å². The molecule has 2 saturated heterocycles. The zero-order valence-electron chi connectivity index (χ0n) is 22.5. The van der Waals surface area contributed by atoms with Gasteiger partial charge in [0.1, 0.15) is 6.61 Å². The summed E-state index contributed by atoms with van der Waals surface area (Å²) in [6, 6.07) is 22.6. The molecule has 0 bridgehead atoms. The maximum absolute atomic E-state index is 13.0.